The second kappa shape index (κ2) is 7.95. The van der Waals surface area contributed by atoms with Crippen LogP contribution in [0.5, 0.6) is 0 Å². The Morgan fingerprint density at radius 1 is 1.12 bits per heavy atom. The fourth-order valence-electron chi connectivity index (χ4n) is 3.43. The van der Waals surface area contributed by atoms with E-state index >= 15 is 0 Å². The number of hydrogen-bond donors (Lipinski definition) is 0. The van der Waals surface area contributed by atoms with Crippen LogP contribution in [0.15, 0.2) is 49.1 Å². The Morgan fingerprint density at radius 2 is 1.83 bits per heavy atom. The third-order valence-electron chi connectivity index (χ3n) is 4.82. The van der Waals surface area contributed by atoms with Crippen molar-refractivity contribution in [2.24, 2.45) is 0 Å². The van der Waals surface area contributed by atoms with Gasteiger partial charge in [0.15, 0.2) is 5.79 Å². The molecule has 1 aliphatic heterocycles. The minimum atomic E-state index is -0.573. The molecule has 0 radical (unpaired) electrons. The van der Waals surface area contributed by atoms with Crippen molar-refractivity contribution in [1.82, 2.24) is 9.55 Å². The summed E-state index contributed by atoms with van der Waals surface area (Å²) in [5, 5.41) is 0. The molecule has 0 bridgehead atoms. The molecule has 1 aliphatic rings. The molecule has 24 heavy (non-hydrogen) atoms. The average Bonchev–Trinajstić information content (AvgIpc) is 3.13. The Balaban J connectivity index is 1.79. The summed E-state index contributed by atoms with van der Waals surface area (Å²) in [5.74, 6) is -0.573. The first-order chi connectivity index (χ1) is 11.7. The SMILES string of the molecule is CCC1CC(CC)OC(CCc2ccccc2)(Cn2ccnc2)O1. The van der Waals surface area contributed by atoms with E-state index in [1.54, 1.807) is 0 Å². The summed E-state index contributed by atoms with van der Waals surface area (Å²) in [7, 11) is 0. The molecular formula is C20H28N2O2. The first-order valence-corrected chi connectivity index (χ1v) is 9.08. The maximum atomic E-state index is 6.48. The first kappa shape index (κ1) is 17.2. The van der Waals surface area contributed by atoms with Gasteiger partial charge >= 0.3 is 0 Å². The minimum Gasteiger partial charge on any atom is -0.345 e. The van der Waals surface area contributed by atoms with Gasteiger partial charge in [-0.1, -0.05) is 44.2 Å². The molecule has 2 aromatic rings. The van der Waals surface area contributed by atoms with Gasteiger partial charge < -0.3 is 14.0 Å². The number of benzene rings is 1. The molecule has 0 aliphatic carbocycles. The average molecular weight is 328 g/mol. The van der Waals surface area contributed by atoms with E-state index in [0.29, 0.717) is 6.54 Å². The first-order valence-electron chi connectivity index (χ1n) is 9.08. The molecule has 0 saturated carbocycles. The van der Waals surface area contributed by atoms with Gasteiger partial charge in [0.2, 0.25) is 0 Å². The van der Waals surface area contributed by atoms with E-state index in [-0.39, 0.29) is 12.2 Å². The summed E-state index contributed by atoms with van der Waals surface area (Å²) in [5.41, 5.74) is 1.32. The number of rotatable bonds is 7. The lowest BCUT2D eigenvalue weighted by molar-refractivity contribution is -0.326. The van der Waals surface area contributed by atoms with Crippen LogP contribution in [-0.2, 0) is 22.4 Å². The molecule has 0 amide bonds. The van der Waals surface area contributed by atoms with Gasteiger partial charge in [0.05, 0.1) is 25.1 Å². The fraction of sp³-hybridized carbons (Fsp3) is 0.550. The largest absolute Gasteiger partial charge is 0.345 e. The molecule has 1 aromatic carbocycles. The Kier molecular flexibility index (Phi) is 5.69. The molecule has 1 saturated heterocycles. The summed E-state index contributed by atoms with van der Waals surface area (Å²) in [6.45, 7) is 5.08. The Labute approximate surface area is 144 Å². The van der Waals surface area contributed by atoms with Gasteiger partial charge in [-0.15, -0.1) is 0 Å². The van der Waals surface area contributed by atoms with Crippen LogP contribution in [0.2, 0.25) is 0 Å². The monoisotopic (exact) mass is 328 g/mol. The normalized spacial score (nSPS) is 27.2. The number of imidazole rings is 1. The highest BCUT2D eigenvalue weighted by Crippen LogP contribution is 2.35. The van der Waals surface area contributed by atoms with Crippen LogP contribution in [0.1, 0.15) is 45.1 Å². The van der Waals surface area contributed by atoms with E-state index < -0.39 is 5.79 Å². The molecule has 0 spiro atoms. The van der Waals surface area contributed by atoms with Crippen molar-refractivity contribution >= 4 is 0 Å². The lowest BCUT2D eigenvalue weighted by atomic mass is 9.99. The molecule has 1 fully saturated rings. The van der Waals surface area contributed by atoms with E-state index in [9.17, 15) is 0 Å². The van der Waals surface area contributed by atoms with Crippen LogP contribution < -0.4 is 0 Å². The van der Waals surface area contributed by atoms with Crippen LogP contribution in [0, 0.1) is 0 Å². The number of aryl methyl sites for hydroxylation is 1. The van der Waals surface area contributed by atoms with E-state index in [1.165, 1.54) is 5.56 Å². The molecule has 2 unspecified atom stereocenters. The zero-order valence-electron chi connectivity index (χ0n) is 14.7. The van der Waals surface area contributed by atoms with Crippen LogP contribution >= 0.6 is 0 Å². The molecule has 1 aromatic heterocycles. The zero-order chi connectivity index (χ0) is 16.8. The maximum Gasteiger partial charge on any atom is 0.187 e. The van der Waals surface area contributed by atoms with E-state index in [1.807, 2.05) is 18.7 Å². The smallest absolute Gasteiger partial charge is 0.187 e. The molecule has 130 valence electrons. The van der Waals surface area contributed by atoms with Crippen molar-refractivity contribution in [2.45, 2.75) is 70.5 Å². The Bertz CT molecular complexity index is 585. The van der Waals surface area contributed by atoms with E-state index in [0.717, 1.165) is 32.1 Å². The fourth-order valence-corrected chi connectivity index (χ4v) is 3.43. The zero-order valence-corrected chi connectivity index (χ0v) is 14.7. The third kappa shape index (κ3) is 4.25. The lowest BCUT2D eigenvalue weighted by Gasteiger charge is -2.45. The van der Waals surface area contributed by atoms with Crippen molar-refractivity contribution < 1.29 is 9.47 Å². The quantitative estimate of drug-likeness (QED) is 0.764. The van der Waals surface area contributed by atoms with Crippen LogP contribution in [0.25, 0.3) is 0 Å². The van der Waals surface area contributed by atoms with Crippen molar-refractivity contribution in [3.63, 3.8) is 0 Å². The van der Waals surface area contributed by atoms with Gasteiger partial charge in [0.1, 0.15) is 0 Å². The number of nitrogens with zero attached hydrogens (tertiary/aromatic N) is 2. The molecule has 3 rings (SSSR count). The van der Waals surface area contributed by atoms with E-state index in [2.05, 4.69) is 53.7 Å². The number of hydrogen-bond acceptors (Lipinski definition) is 3. The minimum absolute atomic E-state index is 0.267. The van der Waals surface area contributed by atoms with Crippen molar-refractivity contribution in [3.8, 4) is 0 Å². The standard InChI is InChI=1S/C20H28N2O2/c1-3-18-14-19(4-2)24-20(23-18,15-22-13-12-21-16-22)11-10-17-8-6-5-7-9-17/h5-9,12-13,16,18-19H,3-4,10-11,14-15H2,1-2H3. The van der Waals surface area contributed by atoms with Crippen molar-refractivity contribution in [1.29, 1.82) is 0 Å². The summed E-state index contributed by atoms with van der Waals surface area (Å²) >= 11 is 0. The summed E-state index contributed by atoms with van der Waals surface area (Å²) in [6.07, 6.45) is 11.0. The molecule has 2 atom stereocenters. The van der Waals surface area contributed by atoms with Crippen LogP contribution in [-0.4, -0.2) is 27.5 Å². The van der Waals surface area contributed by atoms with Crippen LogP contribution in [0.4, 0.5) is 0 Å². The summed E-state index contributed by atoms with van der Waals surface area (Å²) < 4.78 is 15.0. The van der Waals surface area contributed by atoms with Crippen molar-refractivity contribution in [2.75, 3.05) is 0 Å². The maximum absolute atomic E-state index is 6.48. The number of ether oxygens (including phenoxy) is 2. The van der Waals surface area contributed by atoms with Crippen LogP contribution in [0.3, 0.4) is 0 Å². The number of aromatic nitrogens is 2. The third-order valence-corrected chi connectivity index (χ3v) is 4.82. The molecule has 0 N–H and O–H groups in total. The summed E-state index contributed by atoms with van der Waals surface area (Å²) in [6, 6.07) is 10.6. The van der Waals surface area contributed by atoms with Gasteiger partial charge in [-0.2, -0.15) is 0 Å². The second-order valence-corrected chi connectivity index (χ2v) is 6.66. The second-order valence-electron chi connectivity index (χ2n) is 6.66. The summed E-state index contributed by atoms with van der Waals surface area (Å²) in [4.78, 5) is 4.17. The molecule has 4 nitrogen and oxygen atoms in total. The van der Waals surface area contributed by atoms with Crippen molar-refractivity contribution in [3.05, 3.63) is 54.6 Å². The lowest BCUT2D eigenvalue weighted by Crippen LogP contribution is -2.51. The Morgan fingerprint density at radius 3 is 2.42 bits per heavy atom. The topological polar surface area (TPSA) is 36.3 Å². The van der Waals surface area contributed by atoms with Gasteiger partial charge in [0.25, 0.3) is 0 Å². The highest BCUT2D eigenvalue weighted by Gasteiger charge is 2.41. The van der Waals surface area contributed by atoms with Gasteiger partial charge in [-0.05, 0) is 24.8 Å². The highest BCUT2D eigenvalue weighted by molar-refractivity contribution is 5.15. The Hall–Kier alpha value is -1.65. The van der Waals surface area contributed by atoms with E-state index in [4.69, 9.17) is 9.47 Å². The van der Waals surface area contributed by atoms with Gasteiger partial charge in [-0.3, -0.25) is 0 Å². The molecule has 2 heterocycles. The predicted octanol–water partition coefficient (Wildman–Crippen LogP) is 4.21. The molecule has 4 heteroatoms. The molecular weight excluding hydrogens is 300 g/mol. The highest BCUT2D eigenvalue weighted by atomic mass is 16.7. The van der Waals surface area contributed by atoms with Gasteiger partial charge in [-0.25, -0.2) is 4.98 Å². The predicted molar refractivity (Wildman–Crippen MR) is 94.7 cm³/mol. The van der Waals surface area contributed by atoms with Gasteiger partial charge in [0, 0.05) is 25.2 Å².